The Morgan fingerprint density at radius 2 is 2.43 bits per heavy atom. The van der Waals surface area contributed by atoms with Gasteiger partial charge in [-0.3, -0.25) is 0 Å². The minimum Gasteiger partial charge on any atom is -0.477 e. The minimum absolute atomic E-state index is 0.151. The number of nitrogens with two attached hydrogens (primary N) is 1. The van der Waals surface area contributed by atoms with Crippen LogP contribution < -0.4 is 5.73 Å². The van der Waals surface area contributed by atoms with Crippen LogP contribution in [-0.2, 0) is 14.4 Å². The Kier molecular flexibility index (Phi) is 4.34. The molecule has 0 amide bonds. The summed E-state index contributed by atoms with van der Waals surface area (Å²) >= 11 is 0. The molecule has 1 fully saturated rings. The molecule has 1 rings (SSSR count). The predicted molar refractivity (Wildman–Crippen MR) is 48.8 cm³/mol. The summed E-state index contributed by atoms with van der Waals surface area (Å²) in [7, 11) is 0. The fourth-order valence-corrected chi connectivity index (χ4v) is 1.08. The van der Waals surface area contributed by atoms with Crippen molar-refractivity contribution in [2.45, 2.75) is 25.6 Å². The largest absolute Gasteiger partial charge is 0.477 e. The predicted octanol–water partition coefficient (Wildman–Crippen LogP) is -0.0711. The maximum Gasteiger partial charge on any atom is 0.355 e. The highest BCUT2D eigenvalue weighted by Gasteiger charge is 2.16. The lowest BCUT2D eigenvalue weighted by molar-refractivity contribution is -0.162. The summed E-state index contributed by atoms with van der Waals surface area (Å²) in [6, 6.07) is 0. The second-order valence-electron chi connectivity index (χ2n) is 2.95. The van der Waals surface area contributed by atoms with Crippen molar-refractivity contribution in [3.8, 4) is 0 Å². The van der Waals surface area contributed by atoms with Crippen LogP contribution in [0.4, 0.5) is 0 Å². The summed E-state index contributed by atoms with van der Waals surface area (Å²) in [6.07, 6.45) is 2.32. The smallest absolute Gasteiger partial charge is 0.355 e. The lowest BCUT2D eigenvalue weighted by Crippen LogP contribution is -2.26. The zero-order valence-electron chi connectivity index (χ0n) is 7.81. The van der Waals surface area contributed by atoms with E-state index in [4.69, 9.17) is 20.4 Å². The summed E-state index contributed by atoms with van der Waals surface area (Å²) < 4.78 is 5.19. The number of carbonyl (C=O) groups is 1. The van der Waals surface area contributed by atoms with Crippen LogP contribution in [0.25, 0.3) is 0 Å². The number of aliphatic carboxylic acids is 1. The van der Waals surface area contributed by atoms with E-state index in [1.165, 1.54) is 0 Å². The van der Waals surface area contributed by atoms with Gasteiger partial charge in [0.25, 0.3) is 0 Å². The first kappa shape index (κ1) is 10.9. The lowest BCUT2D eigenvalue weighted by atomic mass is 10.2. The molecule has 6 heteroatoms. The third-order valence-corrected chi connectivity index (χ3v) is 1.86. The van der Waals surface area contributed by atoms with Gasteiger partial charge in [-0.2, -0.15) is 0 Å². The van der Waals surface area contributed by atoms with Crippen molar-refractivity contribution in [3.05, 3.63) is 0 Å². The van der Waals surface area contributed by atoms with Crippen molar-refractivity contribution < 1.29 is 19.5 Å². The van der Waals surface area contributed by atoms with Gasteiger partial charge < -0.3 is 20.4 Å². The number of ether oxygens (including phenoxy) is 1. The van der Waals surface area contributed by atoms with Crippen LogP contribution in [0.15, 0.2) is 5.16 Å². The first-order valence-electron chi connectivity index (χ1n) is 4.51. The van der Waals surface area contributed by atoms with Crippen molar-refractivity contribution >= 4 is 11.7 Å². The number of hydrogen-bond donors (Lipinski definition) is 2. The average Bonchev–Trinajstić information content (AvgIpc) is 2.20. The number of carboxylic acid groups (broad SMARTS) is 1. The molecule has 1 atom stereocenters. The van der Waals surface area contributed by atoms with Gasteiger partial charge in [0.1, 0.15) is 0 Å². The molecule has 0 radical (unpaired) electrons. The molecule has 1 unspecified atom stereocenters. The van der Waals surface area contributed by atoms with Crippen molar-refractivity contribution in [1.82, 2.24) is 0 Å². The molecule has 0 aliphatic carbocycles. The highest BCUT2D eigenvalue weighted by Crippen LogP contribution is 2.13. The summed E-state index contributed by atoms with van der Waals surface area (Å²) in [4.78, 5) is 15.4. The molecule has 0 aromatic heterocycles. The Morgan fingerprint density at radius 3 is 2.93 bits per heavy atom. The normalized spacial score (nSPS) is 23.2. The molecule has 0 saturated carbocycles. The minimum atomic E-state index is -1.16. The molecule has 14 heavy (non-hydrogen) atoms. The van der Waals surface area contributed by atoms with E-state index in [2.05, 4.69) is 5.16 Å². The molecule has 1 heterocycles. The Hall–Kier alpha value is -1.14. The van der Waals surface area contributed by atoms with Crippen LogP contribution in [0.1, 0.15) is 19.3 Å². The van der Waals surface area contributed by atoms with Crippen LogP contribution in [0, 0.1) is 0 Å². The second kappa shape index (κ2) is 5.56. The Labute approximate surface area is 81.7 Å². The van der Waals surface area contributed by atoms with Crippen molar-refractivity contribution in [2.24, 2.45) is 10.9 Å². The van der Waals surface area contributed by atoms with Crippen LogP contribution in [0.5, 0.6) is 0 Å². The highest BCUT2D eigenvalue weighted by molar-refractivity contribution is 6.36. The molecule has 80 valence electrons. The number of oxime groups is 1. The molecule has 0 aromatic carbocycles. The van der Waals surface area contributed by atoms with Gasteiger partial charge in [0.15, 0.2) is 5.71 Å². The number of carboxylic acids is 1. The van der Waals surface area contributed by atoms with E-state index in [0.717, 1.165) is 19.3 Å². The van der Waals surface area contributed by atoms with Crippen molar-refractivity contribution in [1.29, 1.82) is 0 Å². The first-order chi connectivity index (χ1) is 6.74. The SMILES string of the molecule is NC/C(=N/OC1CCCCO1)C(=O)O. The first-order valence-corrected chi connectivity index (χ1v) is 4.51. The van der Waals surface area contributed by atoms with Gasteiger partial charge >= 0.3 is 5.97 Å². The molecule has 3 N–H and O–H groups in total. The van der Waals surface area contributed by atoms with E-state index in [9.17, 15) is 4.79 Å². The fraction of sp³-hybridized carbons (Fsp3) is 0.750. The molecule has 0 spiro atoms. The van der Waals surface area contributed by atoms with Crippen LogP contribution in [0.3, 0.4) is 0 Å². The van der Waals surface area contributed by atoms with Gasteiger partial charge in [0.2, 0.25) is 6.29 Å². The van der Waals surface area contributed by atoms with Crippen molar-refractivity contribution in [3.63, 3.8) is 0 Å². The van der Waals surface area contributed by atoms with Gasteiger partial charge in [-0.1, -0.05) is 5.16 Å². The quantitative estimate of drug-likeness (QED) is 0.491. The van der Waals surface area contributed by atoms with Gasteiger partial charge in [0.05, 0.1) is 6.61 Å². The molecule has 1 aliphatic heterocycles. The number of rotatable bonds is 4. The van der Waals surface area contributed by atoms with Crippen LogP contribution in [0.2, 0.25) is 0 Å². The van der Waals surface area contributed by atoms with E-state index in [0.29, 0.717) is 6.61 Å². The highest BCUT2D eigenvalue weighted by atomic mass is 16.8. The molecule has 0 aromatic rings. The number of nitrogens with zero attached hydrogens (tertiary/aromatic N) is 1. The Balaban J connectivity index is 2.38. The third kappa shape index (κ3) is 3.31. The lowest BCUT2D eigenvalue weighted by Gasteiger charge is -2.20. The van der Waals surface area contributed by atoms with Gasteiger partial charge in [-0.05, 0) is 12.8 Å². The fourth-order valence-electron chi connectivity index (χ4n) is 1.08. The Morgan fingerprint density at radius 1 is 1.64 bits per heavy atom. The van der Waals surface area contributed by atoms with E-state index in [1.807, 2.05) is 0 Å². The van der Waals surface area contributed by atoms with Crippen LogP contribution in [-0.4, -0.2) is 36.2 Å². The summed E-state index contributed by atoms with van der Waals surface area (Å²) in [5.41, 5.74) is 4.96. The van der Waals surface area contributed by atoms with Crippen molar-refractivity contribution in [2.75, 3.05) is 13.2 Å². The van der Waals surface area contributed by atoms with Crippen LogP contribution >= 0.6 is 0 Å². The molecule has 6 nitrogen and oxygen atoms in total. The maximum atomic E-state index is 10.5. The van der Waals surface area contributed by atoms with E-state index in [1.54, 1.807) is 0 Å². The molecular weight excluding hydrogens is 188 g/mol. The monoisotopic (exact) mass is 202 g/mol. The van der Waals surface area contributed by atoms with E-state index >= 15 is 0 Å². The third-order valence-electron chi connectivity index (χ3n) is 1.86. The molecule has 1 aliphatic rings. The zero-order chi connectivity index (χ0) is 10.4. The van der Waals surface area contributed by atoms with E-state index < -0.39 is 12.3 Å². The molecular formula is C8H14N2O4. The summed E-state index contributed by atoms with van der Waals surface area (Å²) in [5, 5.41) is 12.0. The maximum absolute atomic E-state index is 10.5. The van der Waals surface area contributed by atoms with Gasteiger partial charge in [-0.15, -0.1) is 0 Å². The topological polar surface area (TPSA) is 94.1 Å². The standard InChI is InChI=1S/C8H14N2O4/c9-5-6(8(11)12)10-14-7-3-1-2-4-13-7/h7H,1-5,9H2,(H,11,12)/b10-6-. The van der Waals surface area contributed by atoms with E-state index in [-0.39, 0.29) is 12.3 Å². The summed E-state index contributed by atoms with van der Waals surface area (Å²) in [6.45, 7) is 0.479. The summed E-state index contributed by atoms with van der Waals surface area (Å²) in [5.74, 6) is -1.16. The van der Waals surface area contributed by atoms with Gasteiger partial charge in [-0.25, -0.2) is 4.79 Å². The second-order valence-corrected chi connectivity index (χ2v) is 2.95. The average molecular weight is 202 g/mol. The van der Waals surface area contributed by atoms with Gasteiger partial charge in [0, 0.05) is 13.0 Å². The molecule has 1 saturated heterocycles. The molecule has 0 bridgehead atoms. The zero-order valence-corrected chi connectivity index (χ0v) is 7.81. The number of hydrogen-bond acceptors (Lipinski definition) is 5. The Bertz CT molecular complexity index is 223.